The second kappa shape index (κ2) is 8.89. The third-order valence-electron chi connectivity index (χ3n) is 4.16. The van der Waals surface area contributed by atoms with E-state index in [1.807, 2.05) is 6.07 Å². The molecule has 1 aliphatic heterocycles. The largest absolute Gasteiger partial charge is 0.493 e. The molecule has 2 aromatic rings. The number of rotatable bonds is 6. The highest BCUT2D eigenvalue weighted by atomic mass is 16.6. The quantitative estimate of drug-likeness (QED) is 0.592. The van der Waals surface area contributed by atoms with Crippen LogP contribution in [0, 0.1) is 11.3 Å². The van der Waals surface area contributed by atoms with Crippen molar-refractivity contribution in [3.63, 3.8) is 0 Å². The van der Waals surface area contributed by atoms with Crippen molar-refractivity contribution in [1.82, 2.24) is 0 Å². The molecule has 0 aromatic heterocycles. The molecule has 150 valence electrons. The number of carbonyl (C=O) groups is 1. The molecule has 0 saturated heterocycles. The van der Waals surface area contributed by atoms with Crippen LogP contribution in [0.5, 0.6) is 28.7 Å². The number of benzene rings is 2. The molecular weight excluding hydrogens is 376 g/mol. The van der Waals surface area contributed by atoms with Crippen LogP contribution in [-0.2, 0) is 4.79 Å². The second-order valence-electron chi connectivity index (χ2n) is 5.94. The molecule has 1 aliphatic rings. The van der Waals surface area contributed by atoms with Gasteiger partial charge in [-0.25, -0.2) is 0 Å². The Hall–Kier alpha value is -3.86. The summed E-state index contributed by atoms with van der Waals surface area (Å²) in [5.74, 6) is 1.86. The van der Waals surface area contributed by atoms with Crippen LogP contribution in [0.3, 0.4) is 0 Å². The molecule has 0 unspecified atom stereocenters. The van der Waals surface area contributed by atoms with Crippen LogP contribution in [0.1, 0.15) is 5.56 Å². The second-order valence-corrected chi connectivity index (χ2v) is 5.94. The van der Waals surface area contributed by atoms with Crippen LogP contribution >= 0.6 is 0 Å². The van der Waals surface area contributed by atoms with Crippen LogP contribution in [0.25, 0.3) is 6.08 Å². The molecule has 1 amide bonds. The third-order valence-corrected chi connectivity index (χ3v) is 4.16. The van der Waals surface area contributed by atoms with E-state index in [1.54, 1.807) is 30.3 Å². The predicted octanol–water partition coefficient (Wildman–Crippen LogP) is 3.03. The van der Waals surface area contributed by atoms with Crippen molar-refractivity contribution in [1.29, 1.82) is 5.26 Å². The Morgan fingerprint density at radius 2 is 1.69 bits per heavy atom. The summed E-state index contributed by atoms with van der Waals surface area (Å²) < 4.78 is 26.8. The molecule has 0 saturated carbocycles. The monoisotopic (exact) mass is 396 g/mol. The molecule has 0 fully saturated rings. The molecule has 29 heavy (non-hydrogen) atoms. The summed E-state index contributed by atoms with van der Waals surface area (Å²) in [6.07, 6.45) is 1.44. The van der Waals surface area contributed by atoms with Crippen molar-refractivity contribution in [3.05, 3.63) is 41.5 Å². The van der Waals surface area contributed by atoms with Gasteiger partial charge >= 0.3 is 0 Å². The molecule has 0 spiro atoms. The topological polar surface area (TPSA) is 99.0 Å². The minimum atomic E-state index is -0.557. The number of ether oxygens (including phenoxy) is 5. The first-order valence-electron chi connectivity index (χ1n) is 8.72. The summed E-state index contributed by atoms with van der Waals surface area (Å²) in [6.45, 7) is 0.920. The molecule has 0 bridgehead atoms. The van der Waals surface area contributed by atoms with Crippen molar-refractivity contribution in [2.24, 2.45) is 0 Å². The van der Waals surface area contributed by atoms with Crippen LogP contribution in [-0.4, -0.2) is 40.5 Å². The summed E-state index contributed by atoms with van der Waals surface area (Å²) in [4.78, 5) is 12.6. The number of carbonyl (C=O) groups excluding carboxylic acids is 1. The first kappa shape index (κ1) is 19.9. The highest BCUT2D eigenvalue weighted by Gasteiger charge is 2.16. The molecule has 8 heteroatoms. The fourth-order valence-corrected chi connectivity index (χ4v) is 2.82. The van der Waals surface area contributed by atoms with Crippen LogP contribution in [0.2, 0.25) is 0 Å². The summed E-state index contributed by atoms with van der Waals surface area (Å²) in [7, 11) is 4.48. The van der Waals surface area contributed by atoms with E-state index in [1.165, 1.54) is 27.4 Å². The van der Waals surface area contributed by atoms with Gasteiger partial charge in [-0.05, 0) is 35.9 Å². The first-order chi connectivity index (χ1) is 14.1. The lowest BCUT2D eigenvalue weighted by Crippen LogP contribution is -2.17. The lowest BCUT2D eigenvalue weighted by Gasteiger charge is -2.19. The maximum Gasteiger partial charge on any atom is 0.266 e. The van der Waals surface area contributed by atoms with E-state index in [2.05, 4.69) is 5.32 Å². The number of hydrogen-bond acceptors (Lipinski definition) is 7. The van der Waals surface area contributed by atoms with Crippen LogP contribution < -0.4 is 29.0 Å². The number of nitrogens with one attached hydrogen (secondary N) is 1. The van der Waals surface area contributed by atoms with Crippen molar-refractivity contribution in [2.45, 2.75) is 0 Å². The number of methoxy groups -OCH3 is 3. The van der Waals surface area contributed by atoms with Gasteiger partial charge in [0.1, 0.15) is 24.9 Å². The SMILES string of the molecule is COc1cc(/C=C(/C#N)C(=O)Nc2ccc3c(c2)OCCO3)cc(OC)c1OC. The number of anilines is 1. The number of hydrogen-bond donors (Lipinski definition) is 1. The zero-order chi connectivity index (χ0) is 20.8. The molecule has 2 aromatic carbocycles. The summed E-state index contributed by atoms with van der Waals surface area (Å²) in [5.41, 5.74) is 0.952. The number of fused-ring (bicyclic) bond motifs is 1. The molecule has 0 aliphatic carbocycles. The Balaban J connectivity index is 1.86. The van der Waals surface area contributed by atoms with Gasteiger partial charge in [0.2, 0.25) is 5.75 Å². The van der Waals surface area contributed by atoms with E-state index in [0.717, 1.165) is 0 Å². The van der Waals surface area contributed by atoms with E-state index in [-0.39, 0.29) is 5.57 Å². The molecular formula is C21H20N2O6. The van der Waals surface area contributed by atoms with Crippen molar-refractivity contribution >= 4 is 17.7 Å². The van der Waals surface area contributed by atoms with E-state index >= 15 is 0 Å². The highest BCUT2D eigenvalue weighted by molar-refractivity contribution is 6.09. The molecule has 3 rings (SSSR count). The van der Waals surface area contributed by atoms with Gasteiger partial charge in [-0.3, -0.25) is 4.79 Å². The molecule has 0 radical (unpaired) electrons. The third kappa shape index (κ3) is 4.35. The summed E-state index contributed by atoms with van der Waals surface area (Å²) in [5, 5.41) is 12.2. The van der Waals surface area contributed by atoms with Crippen molar-refractivity contribution in [2.75, 3.05) is 39.9 Å². The van der Waals surface area contributed by atoms with E-state index in [4.69, 9.17) is 23.7 Å². The van der Waals surface area contributed by atoms with Gasteiger partial charge in [0.25, 0.3) is 5.91 Å². The minimum Gasteiger partial charge on any atom is -0.493 e. The van der Waals surface area contributed by atoms with E-state index in [9.17, 15) is 10.1 Å². The van der Waals surface area contributed by atoms with Gasteiger partial charge in [-0.2, -0.15) is 5.26 Å². The fourth-order valence-electron chi connectivity index (χ4n) is 2.82. The average molecular weight is 396 g/mol. The Bertz CT molecular complexity index is 968. The van der Waals surface area contributed by atoms with Gasteiger partial charge in [0.05, 0.1) is 21.3 Å². The van der Waals surface area contributed by atoms with Gasteiger partial charge in [-0.1, -0.05) is 0 Å². The fraction of sp³-hybridized carbons (Fsp3) is 0.238. The average Bonchev–Trinajstić information content (AvgIpc) is 2.76. The van der Waals surface area contributed by atoms with Crippen molar-refractivity contribution in [3.8, 4) is 34.8 Å². The Kier molecular flexibility index (Phi) is 6.09. The zero-order valence-corrected chi connectivity index (χ0v) is 16.3. The summed E-state index contributed by atoms with van der Waals surface area (Å²) in [6, 6.07) is 10.3. The van der Waals surface area contributed by atoms with Gasteiger partial charge in [0.15, 0.2) is 23.0 Å². The number of nitrogens with zero attached hydrogens (tertiary/aromatic N) is 1. The maximum atomic E-state index is 12.6. The van der Waals surface area contributed by atoms with E-state index in [0.29, 0.717) is 53.2 Å². The standard InChI is InChI=1S/C21H20N2O6/c1-25-18-9-13(10-19(26-2)20(18)27-3)8-14(12-22)21(24)23-15-4-5-16-17(11-15)29-7-6-28-16/h4-5,8-11H,6-7H2,1-3H3,(H,23,24)/b14-8-. The highest BCUT2D eigenvalue weighted by Crippen LogP contribution is 2.39. The van der Waals surface area contributed by atoms with Gasteiger partial charge < -0.3 is 29.0 Å². The lowest BCUT2D eigenvalue weighted by atomic mass is 10.1. The van der Waals surface area contributed by atoms with Gasteiger partial charge in [0, 0.05) is 11.8 Å². The first-order valence-corrected chi connectivity index (χ1v) is 8.72. The van der Waals surface area contributed by atoms with E-state index < -0.39 is 5.91 Å². The molecule has 1 N–H and O–H groups in total. The molecule has 1 heterocycles. The minimum absolute atomic E-state index is 0.0887. The van der Waals surface area contributed by atoms with Crippen LogP contribution in [0.4, 0.5) is 5.69 Å². The Labute approximate surface area is 168 Å². The molecule has 8 nitrogen and oxygen atoms in total. The Morgan fingerprint density at radius 1 is 1.03 bits per heavy atom. The zero-order valence-electron chi connectivity index (χ0n) is 16.3. The number of nitriles is 1. The smallest absolute Gasteiger partial charge is 0.266 e. The lowest BCUT2D eigenvalue weighted by molar-refractivity contribution is -0.112. The normalized spacial score (nSPS) is 12.6. The van der Waals surface area contributed by atoms with Gasteiger partial charge in [-0.15, -0.1) is 0 Å². The summed E-state index contributed by atoms with van der Waals surface area (Å²) >= 11 is 0. The maximum absolute atomic E-state index is 12.6. The predicted molar refractivity (Wildman–Crippen MR) is 106 cm³/mol. The van der Waals surface area contributed by atoms with Crippen molar-refractivity contribution < 1.29 is 28.5 Å². The Morgan fingerprint density at radius 3 is 2.28 bits per heavy atom. The molecule has 0 atom stereocenters. The van der Waals surface area contributed by atoms with Crippen LogP contribution in [0.15, 0.2) is 35.9 Å². The number of amides is 1.